The zero-order chi connectivity index (χ0) is 14.7. The van der Waals surface area contributed by atoms with Crippen LogP contribution in [0.25, 0.3) is 11.5 Å². The van der Waals surface area contributed by atoms with E-state index in [1.54, 1.807) is 30.7 Å². The molecule has 0 fully saturated rings. The zero-order valence-electron chi connectivity index (χ0n) is 11.1. The lowest BCUT2D eigenvalue weighted by atomic mass is 10.2. The van der Waals surface area contributed by atoms with Crippen LogP contribution < -0.4 is 10.1 Å². The van der Waals surface area contributed by atoms with Crippen LogP contribution in [0.15, 0.2) is 46.5 Å². The molecular weight excluding hydrogens is 290 g/mol. The number of pyridine rings is 1. The number of nitrogens with one attached hydrogen (secondary N) is 1. The van der Waals surface area contributed by atoms with E-state index >= 15 is 0 Å². The normalized spacial score (nSPS) is 10.3. The lowest BCUT2D eigenvalue weighted by Gasteiger charge is -2.05. The minimum atomic E-state index is -0.319. The zero-order valence-corrected chi connectivity index (χ0v) is 11.9. The Bertz CT molecular complexity index is 752. The number of aromatic nitrogens is 2. The molecule has 1 amide bonds. The van der Waals surface area contributed by atoms with Gasteiger partial charge in [0.2, 0.25) is 5.88 Å². The van der Waals surface area contributed by atoms with E-state index in [4.69, 9.17) is 9.15 Å². The van der Waals surface area contributed by atoms with Crippen molar-refractivity contribution < 1.29 is 13.9 Å². The first-order chi connectivity index (χ1) is 10.3. The highest BCUT2D eigenvalue weighted by molar-refractivity contribution is 7.14. The van der Waals surface area contributed by atoms with Crippen molar-refractivity contribution in [2.24, 2.45) is 0 Å². The number of anilines is 1. The van der Waals surface area contributed by atoms with Crippen molar-refractivity contribution in [1.29, 1.82) is 0 Å². The number of hydrogen-bond donors (Lipinski definition) is 1. The maximum Gasteiger partial charge on any atom is 0.262 e. The number of nitrogens with zero attached hydrogens (tertiary/aromatic N) is 2. The predicted molar refractivity (Wildman–Crippen MR) is 78.6 cm³/mol. The molecule has 1 N–H and O–H groups in total. The fourth-order valence-electron chi connectivity index (χ4n) is 1.76. The van der Waals surface area contributed by atoms with E-state index in [2.05, 4.69) is 15.3 Å². The molecule has 0 spiro atoms. The van der Waals surface area contributed by atoms with Crippen molar-refractivity contribution in [1.82, 2.24) is 9.97 Å². The van der Waals surface area contributed by atoms with Crippen molar-refractivity contribution in [2.45, 2.75) is 0 Å². The second-order valence-corrected chi connectivity index (χ2v) is 4.89. The summed E-state index contributed by atoms with van der Waals surface area (Å²) in [5.41, 5.74) is 1.04. The fraction of sp³-hybridized carbons (Fsp3) is 0.0714. The average molecular weight is 301 g/mol. The van der Waals surface area contributed by atoms with Gasteiger partial charge in [-0.05, 0) is 24.3 Å². The lowest BCUT2D eigenvalue weighted by Crippen LogP contribution is -2.13. The van der Waals surface area contributed by atoms with E-state index in [9.17, 15) is 4.79 Å². The minimum Gasteiger partial charge on any atom is -0.480 e. The van der Waals surface area contributed by atoms with Crippen LogP contribution in [0, 0.1) is 0 Å². The molecule has 3 rings (SSSR count). The van der Waals surface area contributed by atoms with Crippen LogP contribution in [-0.4, -0.2) is 23.0 Å². The third kappa shape index (κ3) is 2.77. The molecule has 21 heavy (non-hydrogen) atoms. The SMILES string of the molecule is COc1ncccc1C(=O)Nc1nc(-c2ccco2)cs1. The molecule has 0 aliphatic carbocycles. The molecule has 0 unspecified atom stereocenters. The summed E-state index contributed by atoms with van der Waals surface area (Å²) in [7, 11) is 1.47. The van der Waals surface area contributed by atoms with E-state index in [0.29, 0.717) is 22.1 Å². The Morgan fingerprint density at radius 1 is 1.38 bits per heavy atom. The standard InChI is InChI=1S/C14H11N3O3S/c1-19-13-9(4-2-6-15-13)12(18)17-14-16-10(8-21-14)11-5-3-7-20-11/h2-8H,1H3,(H,16,17,18). The van der Waals surface area contributed by atoms with E-state index in [-0.39, 0.29) is 11.8 Å². The van der Waals surface area contributed by atoms with Gasteiger partial charge in [-0.2, -0.15) is 0 Å². The van der Waals surface area contributed by atoms with Gasteiger partial charge in [0.25, 0.3) is 5.91 Å². The molecule has 6 nitrogen and oxygen atoms in total. The van der Waals surface area contributed by atoms with Crippen molar-refractivity contribution in [3.05, 3.63) is 47.7 Å². The molecule has 0 aliphatic rings. The lowest BCUT2D eigenvalue weighted by molar-refractivity contribution is 0.102. The van der Waals surface area contributed by atoms with Gasteiger partial charge >= 0.3 is 0 Å². The van der Waals surface area contributed by atoms with Crippen LogP contribution in [0.2, 0.25) is 0 Å². The van der Waals surface area contributed by atoms with E-state index < -0.39 is 0 Å². The Kier molecular flexibility index (Phi) is 3.65. The Balaban J connectivity index is 1.79. The molecule has 106 valence electrons. The van der Waals surface area contributed by atoms with Crippen LogP contribution in [0.1, 0.15) is 10.4 Å². The highest BCUT2D eigenvalue weighted by Crippen LogP contribution is 2.26. The molecule has 0 atom stereocenters. The second kappa shape index (κ2) is 5.76. The Morgan fingerprint density at radius 3 is 3.05 bits per heavy atom. The van der Waals surface area contributed by atoms with Crippen LogP contribution in [0.4, 0.5) is 5.13 Å². The fourth-order valence-corrected chi connectivity index (χ4v) is 2.45. The second-order valence-electron chi connectivity index (χ2n) is 4.03. The summed E-state index contributed by atoms with van der Waals surface area (Å²) in [6.45, 7) is 0. The molecule has 0 aliphatic heterocycles. The molecule has 0 saturated carbocycles. The molecule has 7 heteroatoms. The first-order valence-corrected chi connectivity index (χ1v) is 6.95. The third-order valence-corrected chi connectivity index (χ3v) is 3.47. The van der Waals surface area contributed by atoms with E-state index in [0.717, 1.165) is 0 Å². The van der Waals surface area contributed by atoms with Gasteiger partial charge in [-0.15, -0.1) is 11.3 Å². The molecule has 0 bridgehead atoms. The maximum absolute atomic E-state index is 12.2. The summed E-state index contributed by atoms with van der Waals surface area (Å²) in [6.07, 6.45) is 3.14. The number of carbonyl (C=O) groups excluding carboxylic acids is 1. The van der Waals surface area contributed by atoms with Crippen LogP contribution >= 0.6 is 11.3 Å². The first-order valence-electron chi connectivity index (χ1n) is 6.07. The summed E-state index contributed by atoms with van der Waals surface area (Å²) in [4.78, 5) is 20.5. The van der Waals surface area contributed by atoms with Gasteiger partial charge in [0, 0.05) is 11.6 Å². The number of methoxy groups -OCH3 is 1. The van der Waals surface area contributed by atoms with Gasteiger partial charge in [0.1, 0.15) is 11.3 Å². The van der Waals surface area contributed by atoms with Crippen LogP contribution in [-0.2, 0) is 0 Å². The molecular formula is C14H11N3O3S. The van der Waals surface area contributed by atoms with Crippen LogP contribution in [0.3, 0.4) is 0 Å². The predicted octanol–water partition coefficient (Wildman–Crippen LogP) is 3.06. The molecule has 3 aromatic rings. The number of thiazole rings is 1. The van der Waals surface area contributed by atoms with Crippen molar-refractivity contribution in [2.75, 3.05) is 12.4 Å². The average Bonchev–Trinajstić information content (AvgIpc) is 3.17. The van der Waals surface area contributed by atoms with Crippen LogP contribution in [0.5, 0.6) is 5.88 Å². The quantitative estimate of drug-likeness (QED) is 0.801. The van der Waals surface area contributed by atoms with E-state index in [1.807, 2.05) is 11.4 Å². The van der Waals surface area contributed by atoms with E-state index in [1.165, 1.54) is 18.4 Å². The summed E-state index contributed by atoms with van der Waals surface area (Å²) >= 11 is 1.32. The number of rotatable bonds is 4. The molecule has 0 aromatic carbocycles. The Labute approximate surface area is 124 Å². The summed E-state index contributed by atoms with van der Waals surface area (Å²) in [5, 5.41) is 5.02. The van der Waals surface area contributed by atoms with Gasteiger partial charge in [-0.1, -0.05) is 0 Å². The highest BCUT2D eigenvalue weighted by atomic mass is 32.1. The van der Waals surface area contributed by atoms with Crippen molar-refractivity contribution in [3.63, 3.8) is 0 Å². The number of furan rings is 1. The maximum atomic E-state index is 12.2. The smallest absolute Gasteiger partial charge is 0.262 e. The summed E-state index contributed by atoms with van der Waals surface area (Å²) in [6, 6.07) is 6.91. The molecule has 0 saturated heterocycles. The largest absolute Gasteiger partial charge is 0.480 e. The summed E-state index contributed by atoms with van der Waals surface area (Å²) < 4.78 is 10.3. The molecule has 3 heterocycles. The third-order valence-electron chi connectivity index (χ3n) is 2.71. The van der Waals surface area contributed by atoms with Gasteiger partial charge < -0.3 is 9.15 Å². The molecule has 0 radical (unpaired) electrons. The van der Waals surface area contributed by atoms with Gasteiger partial charge in [0.15, 0.2) is 10.9 Å². The van der Waals surface area contributed by atoms with Crippen molar-refractivity contribution in [3.8, 4) is 17.3 Å². The first kappa shape index (κ1) is 13.3. The van der Waals surface area contributed by atoms with Gasteiger partial charge in [-0.3, -0.25) is 10.1 Å². The monoisotopic (exact) mass is 301 g/mol. The number of hydrogen-bond acceptors (Lipinski definition) is 6. The number of amides is 1. The Morgan fingerprint density at radius 2 is 2.29 bits per heavy atom. The van der Waals surface area contributed by atoms with Gasteiger partial charge in [0.05, 0.1) is 13.4 Å². The summed E-state index contributed by atoms with van der Waals surface area (Å²) in [5.74, 6) is 0.615. The van der Waals surface area contributed by atoms with Crippen molar-refractivity contribution >= 4 is 22.4 Å². The highest BCUT2D eigenvalue weighted by Gasteiger charge is 2.15. The number of ether oxygens (including phenoxy) is 1. The molecule has 3 aromatic heterocycles. The Hall–Kier alpha value is -2.67. The minimum absolute atomic E-state index is 0.276. The topological polar surface area (TPSA) is 77.2 Å². The van der Waals surface area contributed by atoms with Gasteiger partial charge in [-0.25, -0.2) is 9.97 Å². The number of carbonyl (C=O) groups is 1.